The lowest BCUT2D eigenvalue weighted by Crippen LogP contribution is -2.46. The minimum atomic E-state index is 0. The smallest absolute Gasteiger partial charge is 0.220 e. The van der Waals surface area contributed by atoms with Crippen LogP contribution in [0.2, 0.25) is 0 Å². The third-order valence-electron chi connectivity index (χ3n) is 6.34. The van der Waals surface area contributed by atoms with Crippen LogP contribution < -0.4 is 10.6 Å². The molecule has 0 saturated carbocycles. The summed E-state index contributed by atoms with van der Waals surface area (Å²) < 4.78 is 5.84. The van der Waals surface area contributed by atoms with Crippen molar-refractivity contribution >= 4 is 35.8 Å². The number of aliphatic imine (C=N–C) groups is 1. The molecule has 2 atom stereocenters. The van der Waals surface area contributed by atoms with Gasteiger partial charge in [-0.15, -0.1) is 24.0 Å². The zero-order chi connectivity index (χ0) is 22.9. The van der Waals surface area contributed by atoms with E-state index in [-0.39, 0.29) is 29.9 Å². The average Bonchev–Trinajstić information content (AvgIpc) is 2.77. The Balaban J connectivity index is 0.00000385. The molecule has 2 N–H and O–H groups in total. The normalized spacial score (nSPS) is 22.5. The molecule has 0 aliphatic carbocycles. The van der Waals surface area contributed by atoms with Crippen LogP contribution in [-0.2, 0) is 22.6 Å². The van der Waals surface area contributed by atoms with Gasteiger partial charge in [0.2, 0.25) is 5.91 Å². The van der Waals surface area contributed by atoms with E-state index in [0.29, 0.717) is 31.1 Å². The van der Waals surface area contributed by atoms with E-state index in [1.165, 1.54) is 11.1 Å². The molecule has 2 aliphatic rings. The number of likely N-dealkylation sites (tertiary alicyclic amines) is 1. The number of nitrogens with one attached hydrogen (secondary N) is 2. The number of hydrogen-bond donors (Lipinski definition) is 2. The Morgan fingerprint density at radius 3 is 2.27 bits per heavy atom. The third-order valence-corrected chi connectivity index (χ3v) is 6.34. The number of morpholine rings is 1. The minimum Gasteiger partial charge on any atom is -0.373 e. The Bertz CT molecular complexity index is 740. The molecule has 8 heteroatoms. The molecule has 1 aromatic carbocycles. The summed E-state index contributed by atoms with van der Waals surface area (Å²) >= 11 is 0. The van der Waals surface area contributed by atoms with Crippen molar-refractivity contribution in [2.24, 2.45) is 10.9 Å². The first-order valence-electron chi connectivity index (χ1n) is 12.2. The van der Waals surface area contributed by atoms with Gasteiger partial charge in [-0.25, -0.2) is 4.99 Å². The van der Waals surface area contributed by atoms with Crippen molar-refractivity contribution in [3.63, 3.8) is 0 Å². The van der Waals surface area contributed by atoms with E-state index in [1.54, 1.807) is 7.05 Å². The number of guanidine groups is 1. The van der Waals surface area contributed by atoms with E-state index in [2.05, 4.69) is 65.5 Å². The summed E-state index contributed by atoms with van der Waals surface area (Å²) in [6, 6.07) is 8.86. The molecule has 0 radical (unpaired) electrons. The quantitative estimate of drug-likeness (QED) is 0.299. The number of carbonyl (C=O) groups is 1. The first-order valence-corrected chi connectivity index (χ1v) is 12.2. The lowest BCUT2D eigenvalue weighted by molar-refractivity contribution is -0.121. The van der Waals surface area contributed by atoms with Crippen molar-refractivity contribution < 1.29 is 9.53 Å². The fraction of sp³-hybridized carbons (Fsp3) is 0.680. The highest BCUT2D eigenvalue weighted by Gasteiger charge is 2.23. The summed E-state index contributed by atoms with van der Waals surface area (Å²) in [5.74, 6) is 1.59. The molecule has 2 fully saturated rings. The minimum absolute atomic E-state index is 0. The zero-order valence-electron chi connectivity index (χ0n) is 20.7. The number of carbonyl (C=O) groups excluding carboxylic acids is 1. The molecule has 186 valence electrons. The Morgan fingerprint density at radius 1 is 1.09 bits per heavy atom. The number of amides is 1. The number of rotatable bonds is 7. The first-order chi connectivity index (χ1) is 15.5. The van der Waals surface area contributed by atoms with Crippen LogP contribution in [0.15, 0.2) is 29.3 Å². The lowest BCUT2D eigenvalue weighted by atomic mass is 9.93. The van der Waals surface area contributed by atoms with Gasteiger partial charge in [0, 0.05) is 52.7 Å². The number of ether oxygens (including phenoxy) is 1. The van der Waals surface area contributed by atoms with Gasteiger partial charge in [-0.05, 0) is 50.7 Å². The fourth-order valence-corrected chi connectivity index (χ4v) is 4.73. The summed E-state index contributed by atoms with van der Waals surface area (Å²) in [5.41, 5.74) is 2.56. The molecule has 1 amide bonds. The van der Waals surface area contributed by atoms with Crippen molar-refractivity contribution in [1.82, 2.24) is 20.4 Å². The van der Waals surface area contributed by atoms with Gasteiger partial charge in [-0.1, -0.05) is 24.3 Å². The largest absolute Gasteiger partial charge is 0.373 e. The summed E-state index contributed by atoms with van der Waals surface area (Å²) in [4.78, 5) is 21.4. The molecular weight excluding hydrogens is 529 g/mol. The second kappa shape index (κ2) is 14.1. The Kier molecular flexibility index (Phi) is 11.9. The maximum absolute atomic E-state index is 11.7. The highest BCUT2D eigenvalue weighted by atomic mass is 127. The van der Waals surface area contributed by atoms with E-state index in [0.717, 1.165) is 58.1 Å². The summed E-state index contributed by atoms with van der Waals surface area (Å²) in [6.07, 6.45) is 3.29. The second-order valence-electron chi connectivity index (χ2n) is 9.25. The van der Waals surface area contributed by atoms with E-state index in [1.807, 2.05) is 0 Å². The summed E-state index contributed by atoms with van der Waals surface area (Å²) in [5, 5.41) is 6.18. The molecule has 2 aliphatic heterocycles. The van der Waals surface area contributed by atoms with Crippen LogP contribution in [0, 0.1) is 5.92 Å². The van der Waals surface area contributed by atoms with Gasteiger partial charge in [0.25, 0.3) is 0 Å². The first kappa shape index (κ1) is 27.9. The maximum atomic E-state index is 11.7. The van der Waals surface area contributed by atoms with Crippen molar-refractivity contribution in [3.8, 4) is 0 Å². The number of nitrogens with zero attached hydrogens (tertiary/aromatic N) is 3. The highest BCUT2D eigenvalue weighted by molar-refractivity contribution is 14.0. The molecule has 2 unspecified atom stereocenters. The molecule has 2 heterocycles. The molecule has 2 saturated heterocycles. The van der Waals surface area contributed by atoms with Crippen molar-refractivity contribution in [1.29, 1.82) is 0 Å². The van der Waals surface area contributed by atoms with Crippen LogP contribution in [0.3, 0.4) is 0 Å². The molecule has 0 aromatic heterocycles. The maximum Gasteiger partial charge on any atom is 0.220 e. The van der Waals surface area contributed by atoms with E-state index >= 15 is 0 Å². The number of piperidine rings is 1. The van der Waals surface area contributed by atoms with Gasteiger partial charge in [0.1, 0.15) is 0 Å². The van der Waals surface area contributed by atoms with Gasteiger partial charge in [-0.3, -0.25) is 9.69 Å². The summed E-state index contributed by atoms with van der Waals surface area (Å²) in [6.45, 7) is 12.8. The number of hydrogen-bond acceptors (Lipinski definition) is 4. The lowest BCUT2D eigenvalue weighted by Gasteiger charge is -2.35. The van der Waals surface area contributed by atoms with Crippen LogP contribution in [0.25, 0.3) is 0 Å². The highest BCUT2D eigenvalue weighted by Crippen LogP contribution is 2.21. The molecule has 3 rings (SSSR count). The Labute approximate surface area is 216 Å². The fourth-order valence-electron chi connectivity index (χ4n) is 4.73. The molecule has 7 nitrogen and oxygen atoms in total. The Hall–Kier alpha value is -1.39. The topological polar surface area (TPSA) is 69.2 Å². The monoisotopic (exact) mass is 571 g/mol. The van der Waals surface area contributed by atoms with Crippen LogP contribution in [-0.4, -0.2) is 73.6 Å². The van der Waals surface area contributed by atoms with Gasteiger partial charge in [0.05, 0.1) is 18.8 Å². The van der Waals surface area contributed by atoms with Crippen molar-refractivity contribution in [2.75, 3.05) is 39.8 Å². The van der Waals surface area contributed by atoms with Gasteiger partial charge < -0.3 is 20.3 Å². The van der Waals surface area contributed by atoms with Crippen molar-refractivity contribution in [3.05, 3.63) is 35.4 Å². The van der Waals surface area contributed by atoms with E-state index in [9.17, 15) is 4.79 Å². The second-order valence-corrected chi connectivity index (χ2v) is 9.25. The van der Waals surface area contributed by atoms with Gasteiger partial charge >= 0.3 is 0 Å². The van der Waals surface area contributed by atoms with Crippen LogP contribution in [0.1, 0.15) is 51.2 Å². The zero-order valence-corrected chi connectivity index (χ0v) is 23.0. The standard InChI is InChI=1S/C25H41N5O2.HI/c1-5-27-25(30-12-10-21(11-13-30)14-24(31)26-4)28-15-22-6-8-23(9-7-22)18-29-16-19(2)32-20(3)17-29;/h6-9,19-21H,5,10-18H2,1-4H3,(H,26,31)(H,27,28);1H. The predicted molar refractivity (Wildman–Crippen MR) is 145 cm³/mol. The number of halogens is 1. The Morgan fingerprint density at radius 2 is 1.70 bits per heavy atom. The third kappa shape index (κ3) is 9.05. The van der Waals surface area contributed by atoms with Crippen molar-refractivity contribution in [2.45, 2.75) is 65.3 Å². The predicted octanol–water partition coefficient (Wildman–Crippen LogP) is 3.23. The number of benzene rings is 1. The SMILES string of the molecule is CCNC(=NCc1ccc(CN2CC(C)OC(C)C2)cc1)N1CCC(CC(=O)NC)CC1.I. The average molecular weight is 572 g/mol. The summed E-state index contributed by atoms with van der Waals surface area (Å²) in [7, 11) is 1.71. The van der Waals surface area contributed by atoms with Gasteiger partial charge in [-0.2, -0.15) is 0 Å². The molecular formula is C25H42IN5O2. The van der Waals surface area contributed by atoms with E-state index < -0.39 is 0 Å². The van der Waals surface area contributed by atoms with E-state index in [4.69, 9.17) is 9.73 Å². The molecule has 1 aromatic rings. The molecule has 33 heavy (non-hydrogen) atoms. The van der Waals surface area contributed by atoms with Crippen LogP contribution in [0.5, 0.6) is 0 Å². The molecule has 0 bridgehead atoms. The van der Waals surface area contributed by atoms with Gasteiger partial charge in [0.15, 0.2) is 5.96 Å². The molecule has 0 spiro atoms. The van der Waals surface area contributed by atoms with Crippen LogP contribution in [0.4, 0.5) is 0 Å². The van der Waals surface area contributed by atoms with Crippen LogP contribution >= 0.6 is 24.0 Å².